The molecule has 0 amide bonds. The van der Waals surface area contributed by atoms with Gasteiger partial charge < -0.3 is 5.32 Å². The molecule has 1 fully saturated rings. The topological polar surface area (TPSA) is 58.2 Å². The average molecular weight is 316 g/mol. The lowest BCUT2D eigenvalue weighted by molar-refractivity contribution is 0.552. The van der Waals surface area contributed by atoms with Crippen LogP contribution in [0.2, 0.25) is 0 Å². The van der Waals surface area contributed by atoms with Crippen LogP contribution in [-0.4, -0.2) is 27.5 Å². The summed E-state index contributed by atoms with van der Waals surface area (Å²) in [5, 5.41) is 3.30. The molecule has 3 rings (SSSR count). The summed E-state index contributed by atoms with van der Waals surface area (Å²) in [6, 6.07) is 16.9. The van der Waals surface area contributed by atoms with Crippen LogP contribution in [0.4, 0.5) is 0 Å². The molecular formula is C17H20N2O2S. The minimum atomic E-state index is -3.52. The molecule has 2 aromatic carbocycles. The first kappa shape index (κ1) is 15.2. The zero-order chi connectivity index (χ0) is 15.4. The number of rotatable bonds is 5. The summed E-state index contributed by atoms with van der Waals surface area (Å²) < 4.78 is 28.0. The van der Waals surface area contributed by atoms with Crippen LogP contribution in [0.15, 0.2) is 59.5 Å². The lowest BCUT2D eigenvalue weighted by atomic mass is 10.1. The monoisotopic (exact) mass is 316 g/mol. The molecule has 0 spiro atoms. The summed E-state index contributed by atoms with van der Waals surface area (Å²) in [6.07, 6.45) is 2.12. The van der Waals surface area contributed by atoms with Crippen molar-refractivity contribution >= 4 is 10.0 Å². The number of nitrogens with one attached hydrogen (secondary N) is 2. The van der Waals surface area contributed by atoms with Crippen molar-refractivity contribution in [3.8, 4) is 11.1 Å². The lowest BCUT2D eigenvalue weighted by Gasteiger charge is -2.14. The number of hydrogen-bond donors (Lipinski definition) is 2. The van der Waals surface area contributed by atoms with E-state index in [0.717, 1.165) is 30.5 Å². The van der Waals surface area contributed by atoms with Gasteiger partial charge in [-0.3, -0.25) is 0 Å². The van der Waals surface area contributed by atoms with Gasteiger partial charge >= 0.3 is 0 Å². The van der Waals surface area contributed by atoms with Gasteiger partial charge in [0, 0.05) is 18.2 Å². The molecule has 1 saturated heterocycles. The molecule has 5 heteroatoms. The van der Waals surface area contributed by atoms with Gasteiger partial charge in [0.25, 0.3) is 0 Å². The number of sulfonamides is 1. The van der Waals surface area contributed by atoms with E-state index in [1.54, 1.807) is 12.1 Å². The van der Waals surface area contributed by atoms with Crippen molar-refractivity contribution in [2.45, 2.75) is 23.8 Å². The van der Waals surface area contributed by atoms with E-state index in [2.05, 4.69) is 10.0 Å². The average Bonchev–Trinajstić information content (AvgIpc) is 3.07. The molecule has 22 heavy (non-hydrogen) atoms. The third kappa shape index (κ3) is 3.38. The highest BCUT2D eigenvalue weighted by Crippen LogP contribution is 2.26. The van der Waals surface area contributed by atoms with Crippen LogP contribution in [0.25, 0.3) is 11.1 Å². The van der Waals surface area contributed by atoms with Crippen molar-refractivity contribution in [2.75, 3.05) is 13.1 Å². The van der Waals surface area contributed by atoms with Crippen LogP contribution in [0, 0.1) is 0 Å². The third-order valence-corrected chi connectivity index (χ3v) is 5.43. The fraction of sp³-hybridized carbons (Fsp3) is 0.294. The third-order valence-electron chi connectivity index (χ3n) is 3.94. The summed E-state index contributed by atoms with van der Waals surface area (Å²) in [5.74, 6) is 0. The predicted octanol–water partition coefficient (Wildman–Crippen LogP) is 2.38. The molecule has 0 aliphatic carbocycles. The molecule has 1 unspecified atom stereocenters. The van der Waals surface area contributed by atoms with E-state index >= 15 is 0 Å². The zero-order valence-corrected chi connectivity index (χ0v) is 13.1. The van der Waals surface area contributed by atoms with E-state index in [4.69, 9.17) is 0 Å². The van der Waals surface area contributed by atoms with Crippen LogP contribution in [0.3, 0.4) is 0 Å². The van der Waals surface area contributed by atoms with E-state index < -0.39 is 10.0 Å². The van der Waals surface area contributed by atoms with Crippen LogP contribution < -0.4 is 10.0 Å². The Hall–Kier alpha value is -1.69. The molecule has 116 valence electrons. The second kappa shape index (κ2) is 6.60. The fourth-order valence-electron chi connectivity index (χ4n) is 2.78. The van der Waals surface area contributed by atoms with Gasteiger partial charge in [-0.1, -0.05) is 48.5 Å². The molecule has 0 saturated carbocycles. The predicted molar refractivity (Wildman–Crippen MR) is 88.1 cm³/mol. The van der Waals surface area contributed by atoms with Crippen molar-refractivity contribution < 1.29 is 8.42 Å². The van der Waals surface area contributed by atoms with Gasteiger partial charge in [-0.15, -0.1) is 0 Å². The second-order valence-electron chi connectivity index (χ2n) is 5.51. The summed E-state index contributed by atoms with van der Waals surface area (Å²) in [7, 11) is -3.52. The lowest BCUT2D eigenvalue weighted by Crippen LogP contribution is -2.37. The molecule has 1 heterocycles. The minimum absolute atomic E-state index is 0.235. The first-order valence-electron chi connectivity index (χ1n) is 7.54. The van der Waals surface area contributed by atoms with Crippen molar-refractivity contribution in [3.63, 3.8) is 0 Å². The Bertz CT molecular complexity index is 723. The number of benzene rings is 2. The summed E-state index contributed by atoms with van der Waals surface area (Å²) >= 11 is 0. The van der Waals surface area contributed by atoms with Gasteiger partial charge in [0.1, 0.15) is 0 Å². The molecule has 0 aromatic heterocycles. The molecule has 2 aromatic rings. The second-order valence-corrected chi connectivity index (χ2v) is 7.24. The Kier molecular flexibility index (Phi) is 4.57. The maximum absolute atomic E-state index is 12.6. The smallest absolute Gasteiger partial charge is 0.241 e. The van der Waals surface area contributed by atoms with Gasteiger partial charge in [-0.2, -0.15) is 0 Å². The van der Waals surface area contributed by atoms with Crippen molar-refractivity contribution in [1.29, 1.82) is 0 Å². The maximum Gasteiger partial charge on any atom is 0.241 e. The SMILES string of the molecule is O=S(=O)(NCC1CCCN1)c1ccccc1-c1ccccc1. The van der Waals surface area contributed by atoms with E-state index in [-0.39, 0.29) is 6.04 Å². The Morgan fingerprint density at radius 3 is 2.50 bits per heavy atom. The van der Waals surface area contributed by atoms with Crippen LogP contribution >= 0.6 is 0 Å². The van der Waals surface area contributed by atoms with Gasteiger partial charge in [0.05, 0.1) is 4.90 Å². The molecule has 4 nitrogen and oxygen atoms in total. The van der Waals surface area contributed by atoms with E-state index in [9.17, 15) is 8.42 Å². The quantitative estimate of drug-likeness (QED) is 0.890. The van der Waals surface area contributed by atoms with Crippen LogP contribution in [0.5, 0.6) is 0 Å². The standard InChI is InChI=1S/C17H20N2O2S/c20-22(21,19-13-15-9-6-12-18-15)17-11-5-4-10-16(17)14-7-2-1-3-8-14/h1-5,7-8,10-11,15,18-19H,6,9,12-13H2. The van der Waals surface area contributed by atoms with Crippen molar-refractivity contribution in [1.82, 2.24) is 10.0 Å². The highest BCUT2D eigenvalue weighted by molar-refractivity contribution is 7.89. The maximum atomic E-state index is 12.6. The Morgan fingerprint density at radius 2 is 1.77 bits per heavy atom. The highest BCUT2D eigenvalue weighted by Gasteiger charge is 2.21. The van der Waals surface area contributed by atoms with Gasteiger partial charge in [0.15, 0.2) is 0 Å². The molecule has 1 aliphatic heterocycles. The van der Waals surface area contributed by atoms with Gasteiger partial charge in [-0.25, -0.2) is 13.1 Å². The van der Waals surface area contributed by atoms with E-state index in [1.165, 1.54) is 0 Å². The molecule has 0 bridgehead atoms. The molecular weight excluding hydrogens is 296 g/mol. The first-order valence-corrected chi connectivity index (χ1v) is 9.03. The summed E-state index contributed by atoms with van der Waals surface area (Å²) in [5.41, 5.74) is 1.64. The molecule has 1 aliphatic rings. The van der Waals surface area contributed by atoms with Crippen molar-refractivity contribution in [2.24, 2.45) is 0 Å². The minimum Gasteiger partial charge on any atom is -0.313 e. The van der Waals surface area contributed by atoms with Crippen LogP contribution in [0.1, 0.15) is 12.8 Å². The molecule has 2 N–H and O–H groups in total. The Balaban J connectivity index is 1.87. The summed E-state index contributed by atoms with van der Waals surface area (Å²) in [6.45, 7) is 1.40. The molecule has 1 atom stereocenters. The van der Waals surface area contributed by atoms with Gasteiger partial charge in [0.2, 0.25) is 10.0 Å². The van der Waals surface area contributed by atoms with E-state index in [0.29, 0.717) is 11.4 Å². The fourth-order valence-corrected chi connectivity index (χ4v) is 4.09. The van der Waals surface area contributed by atoms with E-state index in [1.807, 2.05) is 42.5 Å². The number of hydrogen-bond acceptors (Lipinski definition) is 3. The normalized spacial score (nSPS) is 18.5. The molecule has 0 radical (unpaired) electrons. The first-order chi connectivity index (χ1) is 10.7. The Labute approximate surface area is 131 Å². The highest BCUT2D eigenvalue weighted by atomic mass is 32.2. The largest absolute Gasteiger partial charge is 0.313 e. The van der Waals surface area contributed by atoms with Gasteiger partial charge in [-0.05, 0) is 31.0 Å². The Morgan fingerprint density at radius 1 is 1.05 bits per heavy atom. The van der Waals surface area contributed by atoms with Crippen molar-refractivity contribution in [3.05, 3.63) is 54.6 Å². The zero-order valence-electron chi connectivity index (χ0n) is 12.3. The summed E-state index contributed by atoms with van der Waals surface area (Å²) in [4.78, 5) is 0.333. The van der Waals surface area contributed by atoms with Crippen LogP contribution in [-0.2, 0) is 10.0 Å².